The Hall–Kier alpha value is -0.850. The van der Waals surface area contributed by atoms with E-state index in [1.807, 2.05) is 6.92 Å². The van der Waals surface area contributed by atoms with Gasteiger partial charge in [-0.1, -0.05) is 0 Å². The summed E-state index contributed by atoms with van der Waals surface area (Å²) in [6.45, 7) is 3.54. The monoisotopic (exact) mass is 251 g/mol. The number of rotatable bonds is 1. The highest BCUT2D eigenvalue weighted by molar-refractivity contribution is 6.22. The van der Waals surface area contributed by atoms with E-state index in [1.165, 1.54) is 6.92 Å². The van der Waals surface area contributed by atoms with E-state index >= 15 is 0 Å². The van der Waals surface area contributed by atoms with Crippen molar-refractivity contribution >= 4 is 17.4 Å². The van der Waals surface area contributed by atoms with Crippen molar-refractivity contribution in [3.05, 3.63) is 11.6 Å². The minimum atomic E-state index is -0.514. The van der Waals surface area contributed by atoms with Gasteiger partial charge in [0.2, 0.25) is 0 Å². The molecule has 17 heavy (non-hydrogen) atoms. The van der Waals surface area contributed by atoms with E-state index in [4.69, 9.17) is 16.3 Å². The first kappa shape index (κ1) is 11.3. The van der Waals surface area contributed by atoms with E-state index < -0.39 is 5.41 Å². The van der Waals surface area contributed by atoms with Gasteiger partial charge < -0.3 is 4.74 Å². The topological polar surface area (TPSA) is 50.1 Å². The van der Waals surface area contributed by atoms with Crippen LogP contribution in [0.2, 0.25) is 0 Å². The zero-order valence-electron chi connectivity index (χ0n) is 9.87. The van der Waals surface area contributed by atoms with Gasteiger partial charge in [0.05, 0.1) is 28.6 Å². The highest BCUT2D eigenvalue weighted by Crippen LogP contribution is 2.66. The highest BCUT2D eigenvalue weighted by atomic mass is 35.5. The third kappa shape index (κ3) is 1.23. The molecule has 4 heteroatoms. The number of alkyl halides is 1. The van der Waals surface area contributed by atoms with Gasteiger partial charge in [-0.3, -0.25) is 4.79 Å². The predicted molar refractivity (Wildman–Crippen MR) is 62.5 cm³/mol. The maximum atomic E-state index is 11.3. The van der Waals surface area contributed by atoms with Crippen molar-refractivity contribution in [1.82, 2.24) is 0 Å². The molecule has 4 rings (SSSR count). The van der Waals surface area contributed by atoms with Crippen LogP contribution in [0.5, 0.6) is 0 Å². The fraction of sp³-hybridized carbons (Fsp3) is 0.692. The molecule has 5 atom stereocenters. The summed E-state index contributed by atoms with van der Waals surface area (Å²) in [5.41, 5.74) is 0.0130. The average molecular weight is 252 g/mol. The zero-order valence-corrected chi connectivity index (χ0v) is 10.6. The third-order valence-electron chi connectivity index (χ3n) is 4.51. The molecule has 4 bridgehead atoms. The molecular weight excluding hydrogens is 238 g/mol. The molecule has 3 unspecified atom stereocenters. The van der Waals surface area contributed by atoms with Crippen molar-refractivity contribution in [3.8, 4) is 6.07 Å². The number of hydrogen-bond donors (Lipinski definition) is 0. The molecule has 3 nitrogen and oxygen atoms in total. The maximum absolute atomic E-state index is 11.3. The lowest BCUT2D eigenvalue weighted by molar-refractivity contribution is -0.113. The predicted octanol–water partition coefficient (Wildman–Crippen LogP) is 2.20. The maximum Gasteiger partial charge on any atom is 0.152 e. The van der Waals surface area contributed by atoms with Crippen LogP contribution in [0.15, 0.2) is 11.6 Å². The molecule has 2 saturated carbocycles. The van der Waals surface area contributed by atoms with Crippen LogP contribution in [0, 0.1) is 22.7 Å². The van der Waals surface area contributed by atoms with Gasteiger partial charge in [-0.05, 0) is 38.3 Å². The van der Waals surface area contributed by atoms with E-state index in [0.717, 1.165) is 12.0 Å². The van der Waals surface area contributed by atoms with Crippen molar-refractivity contribution in [2.45, 2.75) is 43.8 Å². The third-order valence-corrected chi connectivity index (χ3v) is 5.04. The molecule has 0 spiro atoms. The summed E-state index contributed by atoms with van der Waals surface area (Å²) in [6, 6.07) is 2.41. The van der Waals surface area contributed by atoms with Crippen molar-refractivity contribution in [2.75, 3.05) is 0 Å². The van der Waals surface area contributed by atoms with Crippen molar-refractivity contribution in [2.24, 2.45) is 11.3 Å². The normalized spacial score (nSPS) is 53.1. The second-order valence-corrected chi connectivity index (χ2v) is 6.19. The molecule has 0 aromatic carbocycles. The van der Waals surface area contributed by atoms with Crippen molar-refractivity contribution in [1.29, 1.82) is 5.26 Å². The molecule has 2 aliphatic heterocycles. The van der Waals surface area contributed by atoms with E-state index in [-0.39, 0.29) is 28.8 Å². The molecule has 0 N–H and O–H groups in total. The average Bonchev–Trinajstić information content (AvgIpc) is 2.61. The van der Waals surface area contributed by atoms with Gasteiger partial charge in [-0.15, -0.1) is 11.6 Å². The van der Waals surface area contributed by atoms with Crippen LogP contribution in [-0.2, 0) is 9.53 Å². The van der Waals surface area contributed by atoms with Crippen LogP contribution in [0.4, 0.5) is 0 Å². The Morgan fingerprint density at radius 3 is 2.94 bits per heavy atom. The Balaban J connectivity index is 2.14. The number of allylic oxidation sites excluding steroid dienone is 1. The largest absolute Gasteiger partial charge is 0.366 e. The summed E-state index contributed by atoms with van der Waals surface area (Å²) < 4.78 is 5.99. The number of carbonyl (C=O) groups excluding carboxylic acids is 1. The van der Waals surface area contributed by atoms with Gasteiger partial charge in [0.25, 0.3) is 0 Å². The Morgan fingerprint density at radius 2 is 2.41 bits per heavy atom. The first-order valence-corrected chi connectivity index (χ1v) is 6.31. The van der Waals surface area contributed by atoms with E-state index in [1.54, 1.807) is 6.08 Å². The first-order chi connectivity index (χ1) is 7.92. The van der Waals surface area contributed by atoms with Crippen molar-refractivity contribution < 1.29 is 9.53 Å². The highest BCUT2D eigenvalue weighted by Gasteiger charge is 2.69. The van der Waals surface area contributed by atoms with Crippen LogP contribution in [0.3, 0.4) is 0 Å². The Morgan fingerprint density at radius 1 is 1.71 bits per heavy atom. The first-order valence-electron chi connectivity index (χ1n) is 5.88. The molecule has 0 aromatic heterocycles. The molecule has 0 radical (unpaired) electrons. The lowest BCUT2D eigenvalue weighted by atomic mass is 9.70. The number of halogens is 1. The van der Waals surface area contributed by atoms with Gasteiger partial charge in [-0.25, -0.2) is 0 Å². The van der Waals surface area contributed by atoms with Crippen LogP contribution in [0.25, 0.3) is 0 Å². The Bertz CT molecular complexity index is 480. The number of ether oxygens (including phenoxy) is 1. The summed E-state index contributed by atoms with van der Waals surface area (Å²) in [5.74, 6) is 0.193. The lowest BCUT2D eigenvalue weighted by Crippen LogP contribution is -2.41. The van der Waals surface area contributed by atoms with Crippen LogP contribution in [0.1, 0.15) is 26.7 Å². The van der Waals surface area contributed by atoms with Gasteiger partial charge >= 0.3 is 0 Å². The van der Waals surface area contributed by atoms with E-state index in [2.05, 4.69) is 6.07 Å². The number of nitriles is 1. The van der Waals surface area contributed by atoms with Gasteiger partial charge in [0.1, 0.15) is 0 Å². The molecule has 0 aromatic rings. The van der Waals surface area contributed by atoms with Crippen LogP contribution >= 0.6 is 11.6 Å². The molecule has 4 aliphatic rings. The second-order valence-electron chi connectivity index (χ2n) is 5.69. The van der Waals surface area contributed by atoms with Gasteiger partial charge in [0.15, 0.2) is 5.78 Å². The number of nitrogens with zero attached hydrogens (tertiary/aromatic N) is 1. The van der Waals surface area contributed by atoms with E-state index in [0.29, 0.717) is 6.42 Å². The van der Waals surface area contributed by atoms with Crippen LogP contribution in [-0.4, -0.2) is 22.9 Å². The number of carbonyl (C=O) groups is 1. The SMILES string of the molecule is CC(=O)/C=C1\C2OC3(C)C[C@]1(C#N)CC3[C@@H]2Cl. The van der Waals surface area contributed by atoms with Crippen molar-refractivity contribution in [3.63, 3.8) is 0 Å². The minimum Gasteiger partial charge on any atom is -0.366 e. The molecule has 90 valence electrons. The molecular formula is C13H14ClNO2. The summed E-state index contributed by atoms with van der Waals surface area (Å²) in [7, 11) is 0. The summed E-state index contributed by atoms with van der Waals surface area (Å²) in [4.78, 5) is 11.3. The molecule has 2 saturated heterocycles. The number of hydrogen-bond acceptors (Lipinski definition) is 3. The van der Waals surface area contributed by atoms with Gasteiger partial charge in [-0.2, -0.15) is 5.26 Å². The lowest BCUT2D eigenvalue weighted by Gasteiger charge is -2.39. The standard InChI is InChI=1S/C13H14ClNO2/c1-7(16)3-8-11-10(14)9-4-13(8,6-15)5-12(9,2)17-11/h3,9-11H,4-5H2,1-2H3/b8-3+/t9?,10-,11?,12?,13-/m0/s1. The van der Waals surface area contributed by atoms with E-state index in [9.17, 15) is 10.1 Å². The quantitative estimate of drug-likeness (QED) is 0.530. The molecule has 2 aliphatic carbocycles. The Labute approximate surface area is 105 Å². The van der Waals surface area contributed by atoms with Gasteiger partial charge in [0, 0.05) is 5.92 Å². The minimum absolute atomic E-state index is 0.0407. The molecule has 2 heterocycles. The fourth-order valence-corrected chi connectivity index (χ4v) is 4.40. The zero-order chi connectivity index (χ0) is 12.4. The van der Waals surface area contributed by atoms with Crippen LogP contribution < -0.4 is 0 Å². The second kappa shape index (κ2) is 3.13. The number of ketones is 1. The molecule has 0 amide bonds. The summed E-state index contributed by atoms with van der Waals surface area (Å²) in [5, 5.41) is 9.39. The molecule has 4 fully saturated rings. The fourth-order valence-electron chi connectivity index (χ4n) is 3.85. The summed E-state index contributed by atoms with van der Waals surface area (Å²) >= 11 is 6.40. The summed E-state index contributed by atoms with van der Waals surface area (Å²) in [6.07, 6.45) is 2.70. The smallest absolute Gasteiger partial charge is 0.152 e. The Kier molecular flexibility index (Phi) is 2.07.